The fourth-order valence-corrected chi connectivity index (χ4v) is 4.88. The van der Waals surface area contributed by atoms with Crippen molar-refractivity contribution in [3.63, 3.8) is 0 Å². The smallest absolute Gasteiger partial charge is 0.327 e. The Bertz CT molecular complexity index is 2060. The lowest BCUT2D eigenvalue weighted by Crippen LogP contribution is -2.37. The van der Waals surface area contributed by atoms with E-state index in [2.05, 4.69) is 36.8 Å². The van der Waals surface area contributed by atoms with Gasteiger partial charge in [-0.2, -0.15) is 10.4 Å². The van der Waals surface area contributed by atoms with Crippen molar-refractivity contribution in [1.82, 2.24) is 30.0 Å². The molecular weight excluding hydrogens is 597 g/mol. The van der Waals surface area contributed by atoms with Crippen molar-refractivity contribution >= 4 is 29.2 Å². The summed E-state index contributed by atoms with van der Waals surface area (Å²) in [5, 5.41) is 20.0. The molecule has 0 aliphatic heterocycles. The van der Waals surface area contributed by atoms with Crippen molar-refractivity contribution in [2.45, 2.75) is 6.54 Å². The molecule has 3 aromatic carbocycles. The van der Waals surface area contributed by atoms with Crippen molar-refractivity contribution in [3.05, 3.63) is 127 Å². The third kappa shape index (κ3) is 6.89. The van der Waals surface area contributed by atoms with Gasteiger partial charge in [0.05, 0.1) is 36.4 Å². The van der Waals surface area contributed by atoms with E-state index in [1.165, 1.54) is 36.4 Å². The normalized spacial score (nSPS) is 10.6. The number of anilines is 4. The number of hydrogen-bond donors (Lipinski definition) is 2. The summed E-state index contributed by atoms with van der Waals surface area (Å²) in [6.07, 6.45) is 6.74. The summed E-state index contributed by atoms with van der Waals surface area (Å²) >= 11 is 0. The van der Waals surface area contributed by atoms with Crippen molar-refractivity contribution in [2.75, 3.05) is 17.3 Å². The van der Waals surface area contributed by atoms with E-state index in [1.54, 1.807) is 47.4 Å². The third-order valence-electron chi connectivity index (χ3n) is 7.21. The van der Waals surface area contributed by atoms with E-state index in [0.717, 1.165) is 16.7 Å². The van der Waals surface area contributed by atoms with Gasteiger partial charge in [0.1, 0.15) is 23.5 Å². The number of nitriles is 1. The molecule has 0 aliphatic carbocycles. The van der Waals surface area contributed by atoms with Gasteiger partial charge in [0, 0.05) is 54.4 Å². The van der Waals surface area contributed by atoms with Crippen LogP contribution >= 0.6 is 0 Å². The highest BCUT2D eigenvalue weighted by Crippen LogP contribution is 2.33. The summed E-state index contributed by atoms with van der Waals surface area (Å²) in [7, 11) is 3.26. The van der Waals surface area contributed by atoms with E-state index in [0.29, 0.717) is 35.0 Å². The van der Waals surface area contributed by atoms with Gasteiger partial charge < -0.3 is 15.4 Å². The van der Waals surface area contributed by atoms with Crippen LogP contribution in [0.2, 0.25) is 0 Å². The zero-order valence-electron chi connectivity index (χ0n) is 25.4. The maximum Gasteiger partial charge on any atom is 0.327 e. The Morgan fingerprint density at radius 3 is 2.47 bits per heavy atom. The van der Waals surface area contributed by atoms with Crippen LogP contribution in [-0.2, 0) is 13.6 Å². The van der Waals surface area contributed by atoms with Crippen molar-refractivity contribution in [2.24, 2.45) is 7.05 Å². The van der Waals surface area contributed by atoms with Crippen LogP contribution in [0.1, 0.15) is 11.1 Å². The molecule has 0 unspecified atom stereocenters. The second-order valence-corrected chi connectivity index (χ2v) is 10.4. The van der Waals surface area contributed by atoms with Gasteiger partial charge in [0.15, 0.2) is 0 Å². The number of benzene rings is 3. The van der Waals surface area contributed by atoms with Crippen LogP contribution in [0.25, 0.3) is 22.4 Å². The Hall–Kier alpha value is -6.61. The fourth-order valence-electron chi connectivity index (χ4n) is 4.88. The maximum absolute atomic E-state index is 13.8. The van der Waals surface area contributed by atoms with E-state index in [9.17, 15) is 14.4 Å². The molecule has 232 valence electrons. The number of carbonyl (C=O) groups is 1. The van der Waals surface area contributed by atoms with E-state index < -0.39 is 5.82 Å². The molecule has 0 radical (unpaired) electrons. The van der Waals surface area contributed by atoms with Crippen LogP contribution < -0.4 is 20.3 Å². The van der Waals surface area contributed by atoms with Gasteiger partial charge >= 0.3 is 6.03 Å². The van der Waals surface area contributed by atoms with Gasteiger partial charge in [-0.1, -0.05) is 30.3 Å². The first kappa shape index (κ1) is 30.4. The van der Waals surface area contributed by atoms with Crippen LogP contribution in [-0.4, -0.2) is 37.9 Å². The number of ether oxygens (including phenoxy) is 1. The summed E-state index contributed by atoms with van der Waals surface area (Å²) in [4.78, 5) is 28.5. The van der Waals surface area contributed by atoms with Gasteiger partial charge in [0.2, 0.25) is 5.95 Å². The Labute approximate surface area is 270 Å². The molecule has 3 aromatic heterocycles. The van der Waals surface area contributed by atoms with E-state index in [1.807, 2.05) is 49.6 Å². The van der Waals surface area contributed by atoms with Crippen molar-refractivity contribution in [1.29, 1.82) is 5.26 Å². The van der Waals surface area contributed by atoms with Crippen LogP contribution in [0.4, 0.5) is 32.3 Å². The highest BCUT2D eigenvalue weighted by molar-refractivity contribution is 5.98. The van der Waals surface area contributed by atoms with Gasteiger partial charge in [-0.15, -0.1) is 0 Å². The number of rotatable bonds is 9. The number of aryl methyl sites for hydroxylation is 1. The van der Waals surface area contributed by atoms with Crippen molar-refractivity contribution < 1.29 is 13.9 Å². The number of halogens is 1. The lowest BCUT2D eigenvalue weighted by Gasteiger charge is -2.23. The topological polar surface area (TPSA) is 134 Å². The minimum absolute atomic E-state index is 0.204. The number of nitrogens with zero attached hydrogens (tertiary/aromatic N) is 7. The van der Waals surface area contributed by atoms with Gasteiger partial charge in [-0.3, -0.25) is 4.68 Å². The van der Waals surface area contributed by atoms with Gasteiger partial charge in [-0.05, 0) is 54.1 Å². The number of methoxy groups -OCH3 is 1. The quantitative estimate of drug-likeness (QED) is 0.180. The number of amides is 2. The molecule has 0 fully saturated rings. The van der Waals surface area contributed by atoms with Gasteiger partial charge in [0.25, 0.3) is 0 Å². The maximum atomic E-state index is 13.8. The molecule has 0 aliphatic rings. The zero-order valence-corrected chi connectivity index (χ0v) is 25.4. The minimum atomic E-state index is -0.473. The van der Waals surface area contributed by atoms with Crippen LogP contribution in [0.5, 0.6) is 5.75 Å². The number of hydrogen-bond acceptors (Lipinski definition) is 8. The molecule has 12 heteroatoms. The predicted molar refractivity (Wildman–Crippen MR) is 176 cm³/mol. The first-order valence-electron chi connectivity index (χ1n) is 14.5. The second-order valence-electron chi connectivity index (χ2n) is 10.4. The number of urea groups is 1. The molecule has 11 nitrogen and oxygen atoms in total. The molecular formula is C35H28FN9O2. The third-order valence-corrected chi connectivity index (χ3v) is 7.21. The Morgan fingerprint density at radius 1 is 0.979 bits per heavy atom. The largest absolute Gasteiger partial charge is 0.496 e. The molecule has 47 heavy (non-hydrogen) atoms. The Kier molecular flexibility index (Phi) is 8.79. The SMILES string of the molecule is COc1cc(F)ccc1-c1nc(Nc2ccc(N(C(=O)NCc3ccccc3)c3ccc(-c4cnn(C)c4)cn3)cc2)ncc1C#N. The van der Waals surface area contributed by atoms with E-state index in [-0.39, 0.29) is 23.3 Å². The number of nitrogens with one attached hydrogen (secondary N) is 2. The zero-order chi connectivity index (χ0) is 32.8. The van der Waals surface area contributed by atoms with E-state index in [4.69, 9.17) is 4.74 Å². The lowest BCUT2D eigenvalue weighted by atomic mass is 10.1. The monoisotopic (exact) mass is 625 g/mol. The highest BCUT2D eigenvalue weighted by Gasteiger charge is 2.20. The summed E-state index contributed by atoms with van der Waals surface area (Å²) in [6, 6.07) is 26.1. The molecule has 2 amide bonds. The van der Waals surface area contributed by atoms with Crippen LogP contribution in [0.15, 0.2) is 110 Å². The summed E-state index contributed by atoms with van der Waals surface area (Å²) in [5.41, 5.74) is 4.88. The van der Waals surface area contributed by atoms with Crippen molar-refractivity contribution in [3.8, 4) is 34.2 Å². The Balaban J connectivity index is 1.27. The summed E-state index contributed by atoms with van der Waals surface area (Å²) < 4.78 is 20.9. The standard InChI is InChI=1S/C35H28FN9O2/c1-44-22-26(21-41-44)24-8-15-32(38-19-24)45(35(46)40-18-23-6-4-3-5-7-23)29-12-10-28(11-13-29)42-34-39-20-25(17-37)33(43-34)30-14-9-27(36)16-31(30)47-2/h3-16,19-22H,18H2,1-2H3,(H,40,46)(H,39,42,43). The molecule has 0 saturated carbocycles. The molecule has 3 heterocycles. The molecule has 0 saturated heterocycles. The Morgan fingerprint density at radius 2 is 1.79 bits per heavy atom. The van der Waals surface area contributed by atoms with Crippen LogP contribution in [0, 0.1) is 17.1 Å². The minimum Gasteiger partial charge on any atom is -0.496 e. The summed E-state index contributed by atoms with van der Waals surface area (Å²) in [5.74, 6) is 0.405. The van der Waals surface area contributed by atoms with Gasteiger partial charge in [-0.25, -0.2) is 29.0 Å². The molecule has 6 aromatic rings. The average molecular weight is 626 g/mol. The lowest BCUT2D eigenvalue weighted by molar-refractivity contribution is 0.248. The van der Waals surface area contributed by atoms with Crippen LogP contribution in [0.3, 0.4) is 0 Å². The predicted octanol–water partition coefficient (Wildman–Crippen LogP) is 6.75. The first-order valence-corrected chi connectivity index (χ1v) is 14.5. The second kappa shape index (κ2) is 13.6. The highest BCUT2D eigenvalue weighted by atomic mass is 19.1. The fraction of sp³-hybridized carbons (Fsp3) is 0.0857. The summed E-state index contributed by atoms with van der Waals surface area (Å²) in [6.45, 7) is 0.334. The number of carbonyl (C=O) groups excluding carboxylic acids is 1. The molecule has 6 rings (SSSR count). The molecule has 0 spiro atoms. The molecule has 2 N–H and O–H groups in total. The number of pyridine rings is 1. The first-order chi connectivity index (χ1) is 22.9. The number of aromatic nitrogens is 5. The van der Waals surface area contributed by atoms with E-state index >= 15 is 0 Å². The average Bonchev–Trinajstić information content (AvgIpc) is 3.55. The molecule has 0 atom stereocenters. The molecule has 0 bridgehead atoms.